The molecule has 0 bridgehead atoms. The Labute approximate surface area is 173 Å². The molecule has 0 N–H and O–H groups in total. The number of hydrogen-bond acceptors (Lipinski definition) is 7. The van der Waals surface area contributed by atoms with Gasteiger partial charge in [0, 0.05) is 24.8 Å². The number of para-hydroxylation sites is 1. The molecule has 0 amide bonds. The van der Waals surface area contributed by atoms with Gasteiger partial charge in [0.1, 0.15) is 12.4 Å². The molecule has 2 aliphatic heterocycles. The standard InChI is InChI=1S/C22H22N4O2S/c27-13-12-25-10-7-16(8-11-25)18-4-3-9-23-21(18)28-17-14-26(15-17)22-24-19-5-1-2-6-20(19)29-22/h1-7,9,13,17H,8,10-12,14-15H2. The molecule has 0 saturated carbocycles. The summed E-state index contributed by atoms with van der Waals surface area (Å²) in [6, 6.07) is 12.3. The largest absolute Gasteiger partial charge is 0.470 e. The van der Waals surface area contributed by atoms with E-state index in [-0.39, 0.29) is 6.10 Å². The van der Waals surface area contributed by atoms with E-state index in [0.717, 1.165) is 55.1 Å². The molecule has 0 aliphatic carbocycles. The lowest BCUT2D eigenvalue weighted by Crippen LogP contribution is -2.54. The van der Waals surface area contributed by atoms with Gasteiger partial charge in [0.25, 0.3) is 0 Å². The zero-order valence-electron chi connectivity index (χ0n) is 16.0. The van der Waals surface area contributed by atoms with Crippen molar-refractivity contribution in [2.75, 3.05) is 37.6 Å². The molecule has 0 spiro atoms. The van der Waals surface area contributed by atoms with Crippen LogP contribution >= 0.6 is 11.3 Å². The van der Waals surface area contributed by atoms with Crippen molar-refractivity contribution in [3.8, 4) is 5.88 Å². The summed E-state index contributed by atoms with van der Waals surface area (Å²) >= 11 is 1.72. The molecule has 148 valence electrons. The van der Waals surface area contributed by atoms with Crippen LogP contribution in [0.3, 0.4) is 0 Å². The van der Waals surface area contributed by atoms with Gasteiger partial charge in [-0.05, 0) is 36.3 Å². The number of thiazole rings is 1. The zero-order chi connectivity index (χ0) is 19.6. The lowest BCUT2D eigenvalue weighted by Gasteiger charge is -2.38. The van der Waals surface area contributed by atoms with Crippen molar-refractivity contribution >= 4 is 38.5 Å². The van der Waals surface area contributed by atoms with Gasteiger partial charge in [-0.25, -0.2) is 9.97 Å². The van der Waals surface area contributed by atoms with E-state index < -0.39 is 0 Å². The number of aromatic nitrogens is 2. The van der Waals surface area contributed by atoms with Crippen LogP contribution in [0.1, 0.15) is 12.0 Å². The molecule has 3 aromatic rings. The number of hydrogen-bond donors (Lipinski definition) is 0. The summed E-state index contributed by atoms with van der Waals surface area (Å²) in [5.41, 5.74) is 3.37. The van der Waals surface area contributed by atoms with Gasteiger partial charge in [0.05, 0.1) is 29.9 Å². The quantitative estimate of drug-likeness (QED) is 0.586. The second kappa shape index (κ2) is 7.93. The Balaban J connectivity index is 1.25. The Morgan fingerprint density at radius 1 is 1.21 bits per heavy atom. The van der Waals surface area contributed by atoms with Crippen LogP contribution in [0.4, 0.5) is 5.13 Å². The highest BCUT2D eigenvalue weighted by Gasteiger charge is 2.32. The molecule has 0 radical (unpaired) electrons. The van der Waals surface area contributed by atoms with Crippen molar-refractivity contribution in [2.24, 2.45) is 0 Å². The molecule has 4 heterocycles. The lowest BCUT2D eigenvalue weighted by molar-refractivity contribution is -0.108. The first-order valence-electron chi connectivity index (χ1n) is 9.88. The number of carbonyl (C=O) groups is 1. The van der Waals surface area contributed by atoms with Gasteiger partial charge in [0.15, 0.2) is 5.13 Å². The van der Waals surface area contributed by atoms with E-state index in [0.29, 0.717) is 12.4 Å². The summed E-state index contributed by atoms with van der Waals surface area (Å²) in [5, 5.41) is 1.05. The van der Waals surface area contributed by atoms with Gasteiger partial charge in [-0.15, -0.1) is 0 Å². The van der Waals surface area contributed by atoms with E-state index >= 15 is 0 Å². The van der Waals surface area contributed by atoms with Crippen molar-refractivity contribution in [3.05, 3.63) is 54.2 Å². The maximum Gasteiger partial charge on any atom is 0.221 e. The van der Waals surface area contributed by atoms with E-state index in [4.69, 9.17) is 9.72 Å². The fraction of sp³-hybridized carbons (Fsp3) is 0.318. The van der Waals surface area contributed by atoms with Gasteiger partial charge in [0.2, 0.25) is 5.88 Å². The van der Waals surface area contributed by atoms with Crippen molar-refractivity contribution in [2.45, 2.75) is 12.5 Å². The number of carbonyl (C=O) groups excluding carboxylic acids is 1. The minimum Gasteiger partial charge on any atom is -0.470 e. The van der Waals surface area contributed by atoms with Crippen molar-refractivity contribution < 1.29 is 9.53 Å². The average Bonchev–Trinajstić information content (AvgIpc) is 3.15. The molecule has 1 saturated heterocycles. The van der Waals surface area contributed by atoms with Gasteiger partial charge >= 0.3 is 0 Å². The Hall–Kier alpha value is -2.77. The molecule has 5 rings (SSSR count). The van der Waals surface area contributed by atoms with Crippen molar-refractivity contribution in [1.82, 2.24) is 14.9 Å². The molecule has 0 unspecified atom stereocenters. The molecule has 29 heavy (non-hydrogen) atoms. The Kier molecular flexibility index (Phi) is 4.99. The third-order valence-corrected chi connectivity index (χ3v) is 6.52. The van der Waals surface area contributed by atoms with Crippen LogP contribution in [0, 0.1) is 0 Å². The van der Waals surface area contributed by atoms with Crippen LogP contribution in [0.2, 0.25) is 0 Å². The molecule has 6 nitrogen and oxygen atoms in total. The van der Waals surface area contributed by atoms with Gasteiger partial charge in [-0.1, -0.05) is 29.5 Å². The van der Waals surface area contributed by atoms with Gasteiger partial charge in [-0.3, -0.25) is 4.90 Å². The number of benzene rings is 1. The average molecular weight is 407 g/mol. The van der Waals surface area contributed by atoms with Crippen LogP contribution in [0.5, 0.6) is 5.88 Å². The summed E-state index contributed by atoms with van der Waals surface area (Å²) in [7, 11) is 0. The molecular formula is C22H22N4O2S. The molecule has 0 atom stereocenters. The Morgan fingerprint density at radius 3 is 2.90 bits per heavy atom. The maximum absolute atomic E-state index is 10.7. The zero-order valence-corrected chi connectivity index (χ0v) is 16.8. The van der Waals surface area contributed by atoms with E-state index in [1.807, 2.05) is 18.2 Å². The number of nitrogens with zero attached hydrogens (tertiary/aromatic N) is 4. The summed E-state index contributed by atoms with van der Waals surface area (Å²) in [4.78, 5) is 24.3. The summed E-state index contributed by atoms with van der Waals surface area (Å²) in [6.45, 7) is 3.80. The minimum absolute atomic E-state index is 0.117. The van der Waals surface area contributed by atoms with E-state index in [1.54, 1.807) is 17.5 Å². The third-order valence-electron chi connectivity index (χ3n) is 5.42. The fourth-order valence-electron chi connectivity index (χ4n) is 3.78. The molecule has 2 aliphatic rings. The van der Waals surface area contributed by atoms with E-state index in [9.17, 15) is 4.79 Å². The number of fused-ring (bicyclic) bond motifs is 1. The maximum atomic E-state index is 10.7. The molecular weight excluding hydrogens is 384 g/mol. The monoisotopic (exact) mass is 406 g/mol. The van der Waals surface area contributed by atoms with Crippen molar-refractivity contribution in [3.63, 3.8) is 0 Å². The summed E-state index contributed by atoms with van der Waals surface area (Å²) in [6.07, 6.45) is 5.95. The Morgan fingerprint density at radius 2 is 2.10 bits per heavy atom. The van der Waals surface area contributed by atoms with Crippen LogP contribution in [-0.2, 0) is 4.79 Å². The molecule has 7 heteroatoms. The smallest absolute Gasteiger partial charge is 0.221 e. The highest BCUT2D eigenvalue weighted by molar-refractivity contribution is 7.22. The SMILES string of the molecule is O=CCN1CC=C(c2cccnc2OC2CN(c3nc4ccccc4s3)C2)CC1. The van der Waals surface area contributed by atoms with E-state index in [2.05, 4.69) is 39.1 Å². The minimum atomic E-state index is 0.117. The number of aldehydes is 1. The second-order valence-corrected chi connectivity index (χ2v) is 8.38. The second-order valence-electron chi connectivity index (χ2n) is 7.37. The fourth-order valence-corrected chi connectivity index (χ4v) is 4.76. The first-order valence-corrected chi connectivity index (χ1v) is 10.7. The molecule has 2 aromatic heterocycles. The van der Waals surface area contributed by atoms with Crippen LogP contribution < -0.4 is 9.64 Å². The van der Waals surface area contributed by atoms with Crippen LogP contribution in [0.25, 0.3) is 15.8 Å². The predicted molar refractivity (Wildman–Crippen MR) is 116 cm³/mol. The topological polar surface area (TPSA) is 58.6 Å². The normalized spacial score (nSPS) is 17.8. The third kappa shape index (κ3) is 3.75. The van der Waals surface area contributed by atoms with E-state index in [1.165, 1.54) is 10.3 Å². The lowest BCUT2D eigenvalue weighted by atomic mass is 10.0. The first-order chi connectivity index (χ1) is 14.3. The molecule has 1 fully saturated rings. The number of ether oxygens (including phenoxy) is 1. The number of pyridine rings is 1. The predicted octanol–water partition coefficient (Wildman–Crippen LogP) is 3.25. The van der Waals surface area contributed by atoms with Crippen LogP contribution in [0.15, 0.2) is 48.7 Å². The van der Waals surface area contributed by atoms with Gasteiger partial charge < -0.3 is 14.4 Å². The first kappa shape index (κ1) is 18.3. The van der Waals surface area contributed by atoms with Crippen molar-refractivity contribution in [1.29, 1.82) is 0 Å². The van der Waals surface area contributed by atoms with Gasteiger partial charge in [-0.2, -0.15) is 0 Å². The highest BCUT2D eigenvalue weighted by Crippen LogP contribution is 2.34. The number of anilines is 1. The van der Waals surface area contributed by atoms with Crippen LogP contribution in [-0.4, -0.2) is 60.0 Å². The highest BCUT2D eigenvalue weighted by atomic mass is 32.1. The molecule has 1 aromatic carbocycles. The number of rotatable bonds is 6. The Bertz CT molecular complexity index is 1020. The summed E-state index contributed by atoms with van der Waals surface area (Å²) in [5.74, 6) is 0.705. The summed E-state index contributed by atoms with van der Waals surface area (Å²) < 4.78 is 7.46.